The maximum atomic E-state index is 12.3. The van der Waals surface area contributed by atoms with Crippen LogP contribution in [0.2, 0.25) is 0 Å². The Hall–Kier alpha value is -0.490. The minimum Gasteiger partial charge on any atom is -0.394 e. The molecule has 0 aromatic carbocycles. The summed E-state index contributed by atoms with van der Waals surface area (Å²) in [7, 11) is 0. The molecule has 5 nitrogen and oxygen atoms in total. The lowest BCUT2D eigenvalue weighted by Crippen LogP contribution is -2.43. The number of hydrogen-bond acceptors (Lipinski definition) is 5. The van der Waals surface area contributed by atoms with Crippen LogP contribution in [-0.2, 0) is 9.53 Å². The van der Waals surface area contributed by atoms with Crippen LogP contribution in [0.4, 0.5) is 0 Å². The van der Waals surface area contributed by atoms with Gasteiger partial charge in [-0.1, -0.05) is 84.5 Å². The molecule has 0 aliphatic rings. The SMILES string of the molecule is CCCCCCCCCCOC(CCCCCC)C(=O)C(O)C(O)CO. The van der Waals surface area contributed by atoms with Gasteiger partial charge in [-0.15, -0.1) is 0 Å². The Kier molecular flexibility index (Phi) is 17.6. The van der Waals surface area contributed by atoms with Crippen molar-refractivity contribution in [1.29, 1.82) is 0 Å². The number of ketones is 1. The van der Waals surface area contributed by atoms with E-state index in [-0.39, 0.29) is 0 Å². The van der Waals surface area contributed by atoms with Gasteiger partial charge < -0.3 is 20.1 Å². The molecule has 3 N–H and O–H groups in total. The van der Waals surface area contributed by atoms with E-state index in [9.17, 15) is 15.0 Å². The number of unbranched alkanes of at least 4 members (excludes halogenated alkanes) is 10. The van der Waals surface area contributed by atoms with Gasteiger partial charge in [0.05, 0.1) is 6.61 Å². The second-order valence-corrected chi connectivity index (χ2v) is 7.28. The Morgan fingerprint density at radius 1 is 0.808 bits per heavy atom. The molecule has 3 unspecified atom stereocenters. The Labute approximate surface area is 160 Å². The zero-order valence-corrected chi connectivity index (χ0v) is 17.0. The van der Waals surface area contributed by atoms with E-state index in [1.807, 2.05) is 0 Å². The van der Waals surface area contributed by atoms with Gasteiger partial charge in [-0.05, 0) is 12.8 Å². The van der Waals surface area contributed by atoms with Gasteiger partial charge in [-0.3, -0.25) is 4.79 Å². The number of carbonyl (C=O) groups excluding carboxylic acids is 1. The highest BCUT2D eigenvalue weighted by Crippen LogP contribution is 2.14. The summed E-state index contributed by atoms with van der Waals surface area (Å²) in [6.07, 6.45) is 10.6. The third kappa shape index (κ3) is 12.8. The smallest absolute Gasteiger partial charge is 0.192 e. The van der Waals surface area contributed by atoms with Gasteiger partial charge in [0.2, 0.25) is 0 Å². The molecular formula is C21H42O5. The molecule has 0 bridgehead atoms. The second kappa shape index (κ2) is 17.9. The lowest BCUT2D eigenvalue weighted by molar-refractivity contribution is -0.147. The number of carbonyl (C=O) groups is 1. The third-order valence-corrected chi connectivity index (χ3v) is 4.80. The molecule has 0 aromatic rings. The first-order valence-corrected chi connectivity index (χ1v) is 10.7. The van der Waals surface area contributed by atoms with Crippen LogP contribution in [0.5, 0.6) is 0 Å². The number of ether oxygens (including phenoxy) is 1. The van der Waals surface area contributed by atoms with Crippen LogP contribution in [0.25, 0.3) is 0 Å². The number of hydrogen-bond donors (Lipinski definition) is 3. The van der Waals surface area contributed by atoms with E-state index >= 15 is 0 Å². The van der Waals surface area contributed by atoms with Gasteiger partial charge in [0, 0.05) is 6.61 Å². The predicted octanol–water partition coefficient (Wildman–Crippen LogP) is 3.77. The number of rotatable bonds is 19. The average Bonchev–Trinajstić information content (AvgIpc) is 2.66. The minimum absolute atomic E-state index is 0.501. The van der Waals surface area contributed by atoms with Crippen LogP contribution in [-0.4, -0.2) is 52.6 Å². The van der Waals surface area contributed by atoms with Crippen LogP contribution in [0.3, 0.4) is 0 Å². The molecule has 0 rings (SSSR count). The van der Waals surface area contributed by atoms with Crippen molar-refractivity contribution in [2.75, 3.05) is 13.2 Å². The summed E-state index contributed by atoms with van der Waals surface area (Å²) >= 11 is 0. The Bertz CT molecular complexity index is 322. The number of Topliss-reactive ketones (excluding diaryl/α,β-unsaturated/α-hetero) is 1. The quantitative estimate of drug-likeness (QED) is 0.300. The lowest BCUT2D eigenvalue weighted by atomic mass is 10.00. The Balaban J connectivity index is 4.13. The predicted molar refractivity (Wildman–Crippen MR) is 105 cm³/mol. The van der Waals surface area contributed by atoms with Crippen LogP contribution in [0.15, 0.2) is 0 Å². The molecule has 0 aliphatic heterocycles. The van der Waals surface area contributed by atoms with E-state index in [4.69, 9.17) is 9.84 Å². The van der Waals surface area contributed by atoms with Crippen molar-refractivity contribution in [3.63, 3.8) is 0 Å². The third-order valence-electron chi connectivity index (χ3n) is 4.80. The summed E-state index contributed by atoms with van der Waals surface area (Å²) in [6.45, 7) is 4.21. The second-order valence-electron chi connectivity index (χ2n) is 7.28. The highest BCUT2D eigenvalue weighted by atomic mass is 16.5. The molecule has 0 saturated heterocycles. The molecule has 0 spiro atoms. The molecule has 3 atom stereocenters. The first-order valence-electron chi connectivity index (χ1n) is 10.7. The molecule has 0 radical (unpaired) electrons. The number of aliphatic hydroxyl groups excluding tert-OH is 3. The van der Waals surface area contributed by atoms with E-state index in [0.717, 1.165) is 38.5 Å². The highest BCUT2D eigenvalue weighted by molar-refractivity contribution is 5.87. The van der Waals surface area contributed by atoms with Crippen LogP contribution in [0.1, 0.15) is 97.3 Å². The fourth-order valence-corrected chi connectivity index (χ4v) is 3.01. The fraction of sp³-hybridized carbons (Fsp3) is 0.952. The van der Waals surface area contributed by atoms with Crippen molar-refractivity contribution in [2.24, 2.45) is 0 Å². The van der Waals surface area contributed by atoms with E-state index in [2.05, 4.69) is 13.8 Å². The van der Waals surface area contributed by atoms with Gasteiger partial charge >= 0.3 is 0 Å². The molecule has 0 aliphatic carbocycles. The molecular weight excluding hydrogens is 332 g/mol. The van der Waals surface area contributed by atoms with Crippen molar-refractivity contribution in [3.05, 3.63) is 0 Å². The summed E-state index contributed by atoms with van der Waals surface area (Å²) in [5, 5.41) is 28.3. The molecule has 0 fully saturated rings. The van der Waals surface area contributed by atoms with Crippen molar-refractivity contribution < 1.29 is 24.9 Å². The summed E-state index contributed by atoms with van der Waals surface area (Å²) in [5.41, 5.74) is 0. The molecule has 0 aromatic heterocycles. The minimum atomic E-state index is -1.57. The van der Waals surface area contributed by atoms with Gasteiger partial charge in [0.15, 0.2) is 5.78 Å². The van der Waals surface area contributed by atoms with Gasteiger partial charge in [0.25, 0.3) is 0 Å². The Morgan fingerprint density at radius 3 is 1.85 bits per heavy atom. The molecule has 0 heterocycles. The maximum Gasteiger partial charge on any atom is 0.192 e. The standard InChI is InChI=1S/C21H42O5/c1-3-5-7-9-10-11-12-14-16-26-19(15-13-8-6-4-2)21(25)20(24)18(23)17-22/h18-20,22-24H,3-17H2,1-2H3. The largest absolute Gasteiger partial charge is 0.394 e. The van der Waals surface area contributed by atoms with Crippen molar-refractivity contribution in [1.82, 2.24) is 0 Å². The first kappa shape index (κ1) is 25.5. The van der Waals surface area contributed by atoms with Crippen LogP contribution < -0.4 is 0 Å². The normalized spacial score (nSPS) is 15.0. The van der Waals surface area contributed by atoms with E-state index in [0.29, 0.717) is 13.0 Å². The maximum absolute atomic E-state index is 12.3. The van der Waals surface area contributed by atoms with E-state index < -0.39 is 30.7 Å². The van der Waals surface area contributed by atoms with Gasteiger partial charge in [-0.2, -0.15) is 0 Å². The lowest BCUT2D eigenvalue weighted by Gasteiger charge is -2.22. The summed E-state index contributed by atoms with van der Waals surface area (Å²) in [6, 6.07) is 0. The fourth-order valence-electron chi connectivity index (χ4n) is 3.01. The van der Waals surface area contributed by atoms with E-state index in [1.165, 1.54) is 38.5 Å². The topological polar surface area (TPSA) is 87.0 Å². The van der Waals surface area contributed by atoms with Crippen molar-refractivity contribution >= 4 is 5.78 Å². The first-order chi connectivity index (χ1) is 12.6. The molecule has 26 heavy (non-hydrogen) atoms. The molecule has 156 valence electrons. The zero-order chi connectivity index (χ0) is 19.6. The molecule has 0 amide bonds. The summed E-state index contributed by atoms with van der Waals surface area (Å²) < 4.78 is 5.74. The van der Waals surface area contributed by atoms with Gasteiger partial charge in [-0.25, -0.2) is 0 Å². The molecule has 0 saturated carbocycles. The summed E-state index contributed by atoms with van der Waals surface area (Å²) in [5.74, 6) is -0.511. The average molecular weight is 375 g/mol. The molecule has 5 heteroatoms. The van der Waals surface area contributed by atoms with Crippen LogP contribution in [0, 0.1) is 0 Å². The van der Waals surface area contributed by atoms with Gasteiger partial charge in [0.1, 0.15) is 18.3 Å². The number of aliphatic hydroxyl groups is 3. The van der Waals surface area contributed by atoms with E-state index in [1.54, 1.807) is 0 Å². The van der Waals surface area contributed by atoms with Crippen LogP contribution >= 0.6 is 0 Å². The van der Waals surface area contributed by atoms with Crippen molar-refractivity contribution in [3.8, 4) is 0 Å². The zero-order valence-electron chi connectivity index (χ0n) is 17.0. The Morgan fingerprint density at radius 2 is 1.31 bits per heavy atom. The van der Waals surface area contributed by atoms with Crippen molar-refractivity contribution in [2.45, 2.75) is 116 Å². The highest BCUT2D eigenvalue weighted by Gasteiger charge is 2.30. The summed E-state index contributed by atoms with van der Waals surface area (Å²) in [4.78, 5) is 12.3. The monoisotopic (exact) mass is 374 g/mol.